The summed E-state index contributed by atoms with van der Waals surface area (Å²) < 4.78 is 0. The number of benzene rings is 1. The number of nitrogens with one attached hydrogen (secondary N) is 1. The summed E-state index contributed by atoms with van der Waals surface area (Å²) in [6.07, 6.45) is 1.12. The Hall–Kier alpha value is -1.26. The van der Waals surface area contributed by atoms with Gasteiger partial charge in [-0.2, -0.15) is 0 Å². The summed E-state index contributed by atoms with van der Waals surface area (Å²) in [6.45, 7) is 5.74. The first-order valence-electron chi connectivity index (χ1n) is 6.78. The van der Waals surface area contributed by atoms with Gasteiger partial charge in [0.25, 0.3) is 0 Å². The Kier molecular flexibility index (Phi) is 3.14. The summed E-state index contributed by atoms with van der Waals surface area (Å²) in [5, 5.41) is 3.51. The van der Waals surface area contributed by atoms with Crippen molar-refractivity contribution in [2.24, 2.45) is 0 Å². The van der Waals surface area contributed by atoms with Crippen LogP contribution in [0.2, 0.25) is 0 Å². The molecule has 0 amide bonds. The van der Waals surface area contributed by atoms with E-state index >= 15 is 0 Å². The maximum absolute atomic E-state index is 6.00. The van der Waals surface area contributed by atoms with Crippen LogP contribution in [0.1, 0.15) is 5.56 Å². The molecule has 1 atom stereocenters. The summed E-state index contributed by atoms with van der Waals surface area (Å²) in [4.78, 5) is 5.01. The van der Waals surface area contributed by atoms with Crippen molar-refractivity contribution in [3.63, 3.8) is 0 Å². The standard InChI is InChI=1S/C14H22N4/c1-17-5-7-18(8-6-17)12-9-11-3-2-4-13(15)14(11)16-10-12/h2-4,12,16H,5-10,15H2,1H3. The second kappa shape index (κ2) is 4.78. The Morgan fingerprint density at radius 1 is 1.22 bits per heavy atom. The minimum atomic E-state index is 0.619. The quantitative estimate of drug-likeness (QED) is 0.721. The van der Waals surface area contributed by atoms with Crippen LogP contribution < -0.4 is 11.1 Å². The van der Waals surface area contributed by atoms with Gasteiger partial charge in [0.2, 0.25) is 0 Å². The molecule has 3 N–H and O–H groups in total. The number of piperazine rings is 1. The van der Waals surface area contributed by atoms with Crippen LogP contribution >= 0.6 is 0 Å². The van der Waals surface area contributed by atoms with E-state index in [2.05, 4.69) is 34.3 Å². The third-order valence-corrected chi connectivity index (χ3v) is 4.21. The zero-order valence-electron chi connectivity index (χ0n) is 11.0. The van der Waals surface area contributed by atoms with E-state index in [1.165, 1.54) is 31.7 Å². The lowest BCUT2D eigenvalue weighted by Crippen LogP contribution is -2.52. The molecule has 2 aliphatic heterocycles. The molecule has 18 heavy (non-hydrogen) atoms. The lowest BCUT2D eigenvalue weighted by atomic mass is 9.97. The van der Waals surface area contributed by atoms with E-state index in [9.17, 15) is 0 Å². The topological polar surface area (TPSA) is 44.5 Å². The molecule has 0 radical (unpaired) electrons. The zero-order valence-corrected chi connectivity index (χ0v) is 11.0. The van der Waals surface area contributed by atoms with Gasteiger partial charge in [0.1, 0.15) is 0 Å². The molecule has 1 aromatic rings. The van der Waals surface area contributed by atoms with E-state index in [0.717, 1.165) is 24.3 Å². The van der Waals surface area contributed by atoms with Crippen LogP contribution in [0.4, 0.5) is 11.4 Å². The lowest BCUT2D eigenvalue weighted by Gasteiger charge is -2.40. The number of hydrogen-bond donors (Lipinski definition) is 2. The van der Waals surface area contributed by atoms with Gasteiger partial charge in [-0.15, -0.1) is 0 Å². The first-order valence-corrected chi connectivity index (χ1v) is 6.78. The van der Waals surface area contributed by atoms with Gasteiger partial charge in [0, 0.05) is 38.8 Å². The van der Waals surface area contributed by atoms with Gasteiger partial charge in [0.15, 0.2) is 0 Å². The van der Waals surface area contributed by atoms with Crippen LogP contribution in [0.3, 0.4) is 0 Å². The zero-order chi connectivity index (χ0) is 12.5. The molecule has 2 heterocycles. The Bertz CT molecular complexity index is 424. The van der Waals surface area contributed by atoms with Crippen LogP contribution in [0.25, 0.3) is 0 Å². The van der Waals surface area contributed by atoms with E-state index in [-0.39, 0.29) is 0 Å². The van der Waals surface area contributed by atoms with Gasteiger partial charge >= 0.3 is 0 Å². The molecule has 4 heteroatoms. The molecule has 4 nitrogen and oxygen atoms in total. The molecule has 2 aliphatic rings. The van der Waals surface area contributed by atoms with Gasteiger partial charge < -0.3 is 16.0 Å². The monoisotopic (exact) mass is 246 g/mol. The highest BCUT2D eigenvalue weighted by molar-refractivity contribution is 5.71. The van der Waals surface area contributed by atoms with Crippen molar-refractivity contribution in [1.29, 1.82) is 0 Å². The number of nitrogens with zero attached hydrogens (tertiary/aromatic N) is 2. The first kappa shape index (κ1) is 11.8. The van der Waals surface area contributed by atoms with Crippen molar-refractivity contribution in [2.45, 2.75) is 12.5 Å². The fourth-order valence-corrected chi connectivity index (χ4v) is 3.00. The van der Waals surface area contributed by atoms with E-state index in [1.807, 2.05) is 6.07 Å². The predicted molar refractivity (Wildman–Crippen MR) is 75.9 cm³/mol. The minimum Gasteiger partial charge on any atom is -0.397 e. The first-order chi connectivity index (χ1) is 8.74. The number of nitrogens with two attached hydrogens (primary N) is 1. The van der Waals surface area contributed by atoms with Crippen molar-refractivity contribution < 1.29 is 0 Å². The SMILES string of the molecule is CN1CCN(C2CNc3c(N)cccc3C2)CC1. The maximum Gasteiger partial charge on any atom is 0.0607 e. The van der Waals surface area contributed by atoms with Gasteiger partial charge in [-0.1, -0.05) is 12.1 Å². The Balaban J connectivity index is 1.71. The van der Waals surface area contributed by atoms with Crippen molar-refractivity contribution in [1.82, 2.24) is 9.80 Å². The molecular formula is C14H22N4. The Morgan fingerprint density at radius 3 is 2.78 bits per heavy atom. The second-order valence-electron chi connectivity index (χ2n) is 5.46. The summed E-state index contributed by atoms with van der Waals surface area (Å²) >= 11 is 0. The Labute approximate surface area is 109 Å². The summed E-state index contributed by atoms with van der Waals surface area (Å²) in [6, 6.07) is 6.85. The van der Waals surface area contributed by atoms with Crippen LogP contribution in [-0.4, -0.2) is 55.6 Å². The molecular weight excluding hydrogens is 224 g/mol. The molecule has 1 aromatic carbocycles. The van der Waals surface area contributed by atoms with Gasteiger partial charge in [-0.25, -0.2) is 0 Å². The fourth-order valence-electron chi connectivity index (χ4n) is 3.00. The number of fused-ring (bicyclic) bond motifs is 1. The lowest BCUT2D eigenvalue weighted by molar-refractivity contribution is 0.114. The molecule has 1 unspecified atom stereocenters. The second-order valence-corrected chi connectivity index (χ2v) is 5.46. The van der Waals surface area contributed by atoms with E-state index in [0.29, 0.717) is 6.04 Å². The highest BCUT2D eigenvalue weighted by Crippen LogP contribution is 2.29. The predicted octanol–water partition coefficient (Wildman–Crippen LogP) is 0.853. The van der Waals surface area contributed by atoms with Crippen LogP contribution in [0, 0.1) is 0 Å². The highest BCUT2D eigenvalue weighted by atomic mass is 15.3. The molecule has 0 spiro atoms. The minimum absolute atomic E-state index is 0.619. The maximum atomic E-state index is 6.00. The molecule has 98 valence electrons. The average molecular weight is 246 g/mol. The van der Waals surface area contributed by atoms with Gasteiger partial charge in [0.05, 0.1) is 11.4 Å². The van der Waals surface area contributed by atoms with Crippen molar-refractivity contribution >= 4 is 11.4 Å². The molecule has 0 bridgehead atoms. The third kappa shape index (κ3) is 2.18. The molecule has 1 fully saturated rings. The molecule has 3 rings (SSSR count). The number of nitrogen functional groups attached to an aromatic ring is 1. The number of hydrogen-bond acceptors (Lipinski definition) is 4. The van der Waals surface area contributed by atoms with Crippen molar-refractivity contribution in [2.75, 3.05) is 50.8 Å². The van der Waals surface area contributed by atoms with Crippen molar-refractivity contribution in [3.8, 4) is 0 Å². The smallest absolute Gasteiger partial charge is 0.0607 e. The number of rotatable bonds is 1. The van der Waals surface area contributed by atoms with E-state index in [4.69, 9.17) is 5.73 Å². The van der Waals surface area contributed by atoms with Crippen molar-refractivity contribution in [3.05, 3.63) is 23.8 Å². The third-order valence-electron chi connectivity index (χ3n) is 4.21. The molecule has 0 aliphatic carbocycles. The molecule has 0 aromatic heterocycles. The summed E-state index contributed by atoms with van der Waals surface area (Å²) in [5.41, 5.74) is 9.40. The molecule has 0 saturated carbocycles. The number of para-hydroxylation sites is 1. The van der Waals surface area contributed by atoms with E-state index in [1.54, 1.807) is 0 Å². The van der Waals surface area contributed by atoms with Crippen LogP contribution in [0.5, 0.6) is 0 Å². The summed E-state index contributed by atoms with van der Waals surface area (Å²) in [7, 11) is 2.20. The van der Waals surface area contributed by atoms with Gasteiger partial charge in [-0.3, -0.25) is 4.90 Å². The number of likely N-dealkylation sites (N-methyl/N-ethyl adjacent to an activating group) is 1. The average Bonchev–Trinajstić information content (AvgIpc) is 2.39. The fraction of sp³-hybridized carbons (Fsp3) is 0.571. The normalized spacial score (nSPS) is 25.5. The summed E-state index contributed by atoms with van der Waals surface area (Å²) in [5.74, 6) is 0. The molecule has 1 saturated heterocycles. The largest absolute Gasteiger partial charge is 0.397 e. The highest BCUT2D eigenvalue weighted by Gasteiger charge is 2.26. The van der Waals surface area contributed by atoms with Gasteiger partial charge in [-0.05, 0) is 25.1 Å². The Morgan fingerprint density at radius 2 is 2.00 bits per heavy atom. The van der Waals surface area contributed by atoms with Crippen LogP contribution in [-0.2, 0) is 6.42 Å². The van der Waals surface area contributed by atoms with E-state index < -0.39 is 0 Å². The van der Waals surface area contributed by atoms with Crippen LogP contribution in [0.15, 0.2) is 18.2 Å². The number of anilines is 2.